The van der Waals surface area contributed by atoms with Crippen molar-refractivity contribution in [1.82, 2.24) is 15.1 Å². The zero-order chi connectivity index (χ0) is 13.7. The molecule has 2 aliphatic rings. The molecule has 0 saturated carbocycles. The van der Waals surface area contributed by atoms with Gasteiger partial charge in [0.1, 0.15) is 0 Å². The van der Waals surface area contributed by atoms with Crippen molar-refractivity contribution < 1.29 is 9.90 Å². The van der Waals surface area contributed by atoms with Gasteiger partial charge in [0.05, 0.1) is 5.92 Å². The molecule has 110 valence electrons. The van der Waals surface area contributed by atoms with Crippen molar-refractivity contribution in [2.24, 2.45) is 11.8 Å². The fourth-order valence-corrected chi connectivity index (χ4v) is 3.27. The number of nitrogens with zero attached hydrogens (tertiary/aromatic N) is 2. The summed E-state index contributed by atoms with van der Waals surface area (Å²) in [6.07, 6.45) is 2.08. The number of hydrogen-bond donors (Lipinski definition) is 2. The van der Waals surface area contributed by atoms with Crippen LogP contribution in [0, 0.1) is 11.8 Å². The van der Waals surface area contributed by atoms with E-state index in [1.807, 2.05) is 0 Å². The molecule has 1 atom stereocenters. The van der Waals surface area contributed by atoms with Crippen molar-refractivity contribution in [3.05, 3.63) is 0 Å². The van der Waals surface area contributed by atoms with E-state index < -0.39 is 5.97 Å². The molecular weight excluding hydrogens is 242 g/mol. The number of aliphatic carboxylic acids is 1. The molecule has 5 nitrogen and oxygen atoms in total. The third-order valence-corrected chi connectivity index (χ3v) is 4.63. The van der Waals surface area contributed by atoms with E-state index in [1.54, 1.807) is 0 Å². The first kappa shape index (κ1) is 14.8. The topological polar surface area (TPSA) is 55.8 Å². The van der Waals surface area contributed by atoms with Crippen LogP contribution in [-0.2, 0) is 4.79 Å². The van der Waals surface area contributed by atoms with Crippen molar-refractivity contribution in [3.8, 4) is 0 Å². The number of hydrogen-bond acceptors (Lipinski definition) is 4. The third-order valence-electron chi connectivity index (χ3n) is 4.63. The summed E-state index contributed by atoms with van der Waals surface area (Å²) in [7, 11) is 0. The summed E-state index contributed by atoms with van der Waals surface area (Å²) < 4.78 is 0. The second-order valence-corrected chi connectivity index (χ2v) is 5.77. The number of carboxylic acid groups (broad SMARTS) is 1. The molecule has 2 saturated heterocycles. The van der Waals surface area contributed by atoms with Gasteiger partial charge in [-0.05, 0) is 38.4 Å². The molecule has 2 rings (SSSR count). The van der Waals surface area contributed by atoms with Crippen LogP contribution in [0.2, 0.25) is 0 Å². The lowest BCUT2D eigenvalue weighted by atomic mass is 9.83. The van der Waals surface area contributed by atoms with E-state index in [4.69, 9.17) is 0 Å². The van der Waals surface area contributed by atoms with Gasteiger partial charge in [-0.15, -0.1) is 0 Å². The summed E-state index contributed by atoms with van der Waals surface area (Å²) >= 11 is 0. The number of piperidine rings is 1. The molecule has 0 amide bonds. The standard InChI is InChI=1S/C14H27N3O2/c1-2-16-7-3-12(4-8-16)13(14(18)19)11-17-9-5-15-6-10-17/h12-13,15H,2-11H2,1H3,(H,18,19). The van der Waals surface area contributed by atoms with Crippen LogP contribution >= 0.6 is 0 Å². The molecule has 0 aromatic heterocycles. The second-order valence-electron chi connectivity index (χ2n) is 5.77. The quantitative estimate of drug-likeness (QED) is 0.753. The van der Waals surface area contributed by atoms with Crippen LogP contribution in [0.4, 0.5) is 0 Å². The lowest BCUT2D eigenvalue weighted by molar-refractivity contribution is -0.145. The Morgan fingerprint density at radius 2 is 1.84 bits per heavy atom. The Morgan fingerprint density at radius 1 is 1.21 bits per heavy atom. The molecule has 2 heterocycles. The maximum atomic E-state index is 11.6. The van der Waals surface area contributed by atoms with Crippen molar-refractivity contribution in [1.29, 1.82) is 0 Å². The lowest BCUT2D eigenvalue weighted by Crippen LogP contribution is -2.48. The molecule has 2 N–H and O–H groups in total. The fourth-order valence-electron chi connectivity index (χ4n) is 3.27. The van der Waals surface area contributed by atoms with Crippen LogP contribution < -0.4 is 5.32 Å². The minimum absolute atomic E-state index is 0.183. The first-order chi connectivity index (χ1) is 9.20. The largest absolute Gasteiger partial charge is 0.481 e. The predicted octanol–water partition coefficient (Wildman–Crippen LogP) is 0.324. The van der Waals surface area contributed by atoms with Gasteiger partial charge in [-0.3, -0.25) is 9.69 Å². The summed E-state index contributed by atoms with van der Waals surface area (Å²) in [4.78, 5) is 16.3. The lowest BCUT2D eigenvalue weighted by Gasteiger charge is -2.37. The highest BCUT2D eigenvalue weighted by atomic mass is 16.4. The van der Waals surface area contributed by atoms with Crippen LogP contribution in [0.15, 0.2) is 0 Å². The van der Waals surface area contributed by atoms with Gasteiger partial charge in [-0.2, -0.15) is 0 Å². The zero-order valence-electron chi connectivity index (χ0n) is 12.0. The highest BCUT2D eigenvalue weighted by molar-refractivity contribution is 5.70. The smallest absolute Gasteiger partial charge is 0.308 e. The average molecular weight is 269 g/mol. The summed E-state index contributed by atoms with van der Waals surface area (Å²) in [5.41, 5.74) is 0. The Morgan fingerprint density at radius 3 is 2.37 bits per heavy atom. The molecule has 0 spiro atoms. The van der Waals surface area contributed by atoms with E-state index in [9.17, 15) is 9.90 Å². The Labute approximate surface area is 115 Å². The van der Waals surface area contributed by atoms with E-state index in [1.165, 1.54) is 0 Å². The van der Waals surface area contributed by atoms with Crippen LogP contribution in [0.25, 0.3) is 0 Å². The molecule has 0 aromatic rings. The number of carbonyl (C=O) groups is 1. The number of piperazine rings is 1. The highest BCUT2D eigenvalue weighted by Crippen LogP contribution is 2.26. The van der Waals surface area contributed by atoms with Gasteiger partial charge >= 0.3 is 5.97 Å². The maximum absolute atomic E-state index is 11.6. The summed E-state index contributed by atoms with van der Waals surface area (Å²) in [5.74, 6) is -0.430. The molecule has 19 heavy (non-hydrogen) atoms. The van der Waals surface area contributed by atoms with Crippen molar-refractivity contribution in [3.63, 3.8) is 0 Å². The molecule has 0 radical (unpaired) electrons. The third kappa shape index (κ3) is 4.16. The van der Waals surface area contributed by atoms with E-state index >= 15 is 0 Å². The van der Waals surface area contributed by atoms with E-state index in [-0.39, 0.29) is 5.92 Å². The van der Waals surface area contributed by atoms with Crippen LogP contribution in [0.3, 0.4) is 0 Å². The molecule has 5 heteroatoms. The highest BCUT2D eigenvalue weighted by Gasteiger charge is 2.32. The normalized spacial score (nSPS) is 25.3. The Balaban J connectivity index is 1.87. The second kappa shape index (κ2) is 7.22. The zero-order valence-corrected chi connectivity index (χ0v) is 12.0. The van der Waals surface area contributed by atoms with Gasteiger partial charge in [-0.25, -0.2) is 0 Å². The van der Waals surface area contributed by atoms with Gasteiger partial charge in [0.15, 0.2) is 0 Å². The van der Waals surface area contributed by atoms with E-state index in [0.717, 1.165) is 65.2 Å². The predicted molar refractivity (Wildman–Crippen MR) is 75.3 cm³/mol. The molecule has 0 aromatic carbocycles. The molecule has 2 fully saturated rings. The SMILES string of the molecule is CCN1CCC(C(CN2CCNCC2)C(=O)O)CC1. The van der Waals surface area contributed by atoms with Crippen LogP contribution in [0.5, 0.6) is 0 Å². The number of rotatable bonds is 5. The van der Waals surface area contributed by atoms with Gasteiger partial charge in [0.2, 0.25) is 0 Å². The average Bonchev–Trinajstić information content (AvgIpc) is 2.46. The molecule has 1 unspecified atom stereocenters. The van der Waals surface area contributed by atoms with Crippen LogP contribution in [-0.4, -0.2) is 73.2 Å². The monoisotopic (exact) mass is 269 g/mol. The Kier molecular flexibility index (Phi) is 5.60. The summed E-state index contributed by atoms with van der Waals surface area (Å²) in [5, 5.41) is 12.8. The van der Waals surface area contributed by atoms with Crippen molar-refractivity contribution >= 4 is 5.97 Å². The van der Waals surface area contributed by atoms with Crippen molar-refractivity contribution in [2.45, 2.75) is 19.8 Å². The first-order valence-electron chi connectivity index (χ1n) is 7.59. The number of nitrogens with one attached hydrogen (secondary N) is 1. The van der Waals surface area contributed by atoms with Gasteiger partial charge < -0.3 is 15.3 Å². The van der Waals surface area contributed by atoms with Crippen LogP contribution in [0.1, 0.15) is 19.8 Å². The minimum Gasteiger partial charge on any atom is -0.481 e. The number of likely N-dealkylation sites (tertiary alicyclic amines) is 1. The van der Waals surface area contributed by atoms with E-state index in [2.05, 4.69) is 22.0 Å². The van der Waals surface area contributed by atoms with E-state index in [0.29, 0.717) is 5.92 Å². The summed E-state index contributed by atoms with van der Waals surface area (Å²) in [6, 6.07) is 0. The minimum atomic E-state index is -0.603. The first-order valence-corrected chi connectivity index (χ1v) is 7.59. The maximum Gasteiger partial charge on any atom is 0.308 e. The van der Waals surface area contributed by atoms with Crippen molar-refractivity contribution in [2.75, 3.05) is 52.4 Å². The molecular formula is C14H27N3O2. The molecule has 0 aliphatic carbocycles. The Bertz CT molecular complexity index is 284. The Hall–Kier alpha value is -0.650. The van der Waals surface area contributed by atoms with Gasteiger partial charge in [-0.1, -0.05) is 6.92 Å². The van der Waals surface area contributed by atoms with Gasteiger partial charge in [0.25, 0.3) is 0 Å². The summed E-state index contributed by atoms with van der Waals surface area (Å²) in [6.45, 7) is 10.1. The fraction of sp³-hybridized carbons (Fsp3) is 0.929. The van der Waals surface area contributed by atoms with Gasteiger partial charge in [0, 0.05) is 32.7 Å². The molecule has 0 bridgehead atoms. The molecule has 2 aliphatic heterocycles. The number of carboxylic acids is 1.